The summed E-state index contributed by atoms with van der Waals surface area (Å²) in [6.45, 7) is -0.441. The molecular weight excluding hydrogens is 431 g/mol. The first-order valence-corrected chi connectivity index (χ1v) is 11.3. The Labute approximate surface area is 196 Å². The molecule has 1 unspecified atom stereocenters. The van der Waals surface area contributed by atoms with E-state index in [2.05, 4.69) is 17.4 Å². The number of carbonyl (C=O) groups is 2. The van der Waals surface area contributed by atoms with Gasteiger partial charge in [-0.2, -0.15) is 0 Å². The molecule has 1 heterocycles. The van der Waals surface area contributed by atoms with Crippen molar-refractivity contribution in [3.05, 3.63) is 107 Å². The Morgan fingerprint density at radius 2 is 1.71 bits per heavy atom. The summed E-state index contributed by atoms with van der Waals surface area (Å²) in [5.74, 6) is -1.15. The number of benzene rings is 3. The highest BCUT2D eigenvalue weighted by Crippen LogP contribution is 2.36. The lowest BCUT2D eigenvalue weighted by Gasteiger charge is -2.26. The number of para-hydroxylation sites is 1. The minimum absolute atomic E-state index is 0.282. The number of rotatable bonds is 5. The normalized spacial score (nSPS) is 14.9. The maximum Gasteiger partial charge on any atom is 0.339 e. The fraction of sp³-hybridized carbons (Fsp3) is 0.179. The predicted molar refractivity (Wildman–Crippen MR) is 128 cm³/mol. The van der Waals surface area contributed by atoms with Crippen LogP contribution in [0.25, 0.3) is 10.9 Å². The predicted octanol–water partition coefficient (Wildman–Crippen LogP) is 5.44. The molecule has 1 atom stereocenters. The molecule has 1 amide bonds. The maximum atomic E-state index is 13.3. The summed E-state index contributed by atoms with van der Waals surface area (Å²) < 4.78 is 18.5. The summed E-state index contributed by atoms with van der Waals surface area (Å²) in [4.78, 5) is 30.5. The fourth-order valence-corrected chi connectivity index (χ4v) is 4.56. The summed E-state index contributed by atoms with van der Waals surface area (Å²) in [6, 6.07) is 23.2. The first-order valence-electron chi connectivity index (χ1n) is 11.3. The summed E-state index contributed by atoms with van der Waals surface area (Å²) in [7, 11) is 0. The molecule has 170 valence electrons. The summed E-state index contributed by atoms with van der Waals surface area (Å²) in [6.07, 6.45) is 2.41. The number of fused-ring (bicyclic) bond motifs is 2. The number of aryl methyl sites for hydroxylation is 1. The number of nitrogens with one attached hydrogen (secondary N) is 1. The van der Waals surface area contributed by atoms with Gasteiger partial charge in [-0.05, 0) is 66.6 Å². The molecule has 1 aromatic heterocycles. The molecule has 5 nitrogen and oxygen atoms in total. The Hall–Kier alpha value is -4.06. The highest BCUT2D eigenvalue weighted by Gasteiger charge is 2.28. The van der Waals surface area contributed by atoms with Crippen LogP contribution in [0.3, 0.4) is 0 Å². The summed E-state index contributed by atoms with van der Waals surface area (Å²) in [5.41, 5.74) is 4.69. The van der Waals surface area contributed by atoms with Gasteiger partial charge >= 0.3 is 5.97 Å². The number of anilines is 1. The lowest BCUT2D eigenvalue weighted by atomic mass is 9.80. The van der Waals surface area contributed by atoms with Crippen LogP contribution in [0.15, 0.2) is 78.9 Å². The number of aromatic nitrogens is 1. The van der Waals surface area contributed by atoms with E-state index < -0.39 is 24.3 Å². The molecule has 0 spiro atoms. The molecule has 0 saturated heterocycles. The Balaban J connectivity index is 1.41. The molecule has 1 N–H and O–H groups in total. The van der Waals surface area contributed by atoms with Gasteiger partial charge < -0.3 is 10.1 Å². The van der Waals surface area contributed by atoms with Gasteiger partial charge in [-0.1, -0.05) is 48.5 Å². The SMILES string of the molecule is O=C(COC(=O)c1c2c(nc3ccccc13)CCC(c1ccccc1)C2)Nc1ccc(F)cc1. The van der Waals surface area contributed by atoms with Crippen LogP contribution in [0.2, 0.25) is 0 Å². The largest absolute Gasteiger partial charge is 0.452 e. The van der Waals surface area contributed by atoms with Crippen LogP contribution in [-0.4, -0.2) is 23.5 Å². The summed E-state index contributed by atoms with van der Waals surface area (Å²) in [5, 5.41) is 3.33. The molecule has 1 aliphatic rings. The van der Waals surface area contributed by atoms with Crippen molar-refractivity contribution in [3.63, 3.8) is 0 Å². The smallest absolute Gasteiger partial charge is 0.339 e. The second-order valence-corrected chi connectivity index (χ2v) is 8.41. The molecule has 0 bridgehead atoms. The average Bonchev–Trinajstić information content (AvgIpc) is 2.87. The van der Waals surface area contributed by atoms with Crippen LogP contribution in [0, 0.1) is 5.82 Å². The van der Waals surface area contributed by atoms with Crippen molar-refractivity contribution in [1.82, 2.24) is 4.98 Å². The minimum Gasteiger partial charge on any atom is -0.452 e. The van der Waals surface area contributed by atoms with E-state index in [9.17, 15) is 14.0 Å². The molecule has 4 aromatic rings. The molecule has 3 aromatic carbocycles. The van der Waals surface area contributed by atoms with Gasteiger partial charge in [0.1, 0.15) is 5.82 Å². The van der Waals surface area contributed by atoms with Gasteiger partial charge in [0.15, 0.2) is 6.61 Å². The highest BCUT2D eigenvalue weighted by atomic mass is 19.1. The van der Waals surface area contributed by atoms with E-state index in [0.717, 1.165) is 35.0 Å². The zero-order chi connectivity index (χ0) is 23.5. The van der Waals surface area contributed by atoms with Gasteiger partial charge in [-0.3, -0.25) is 9.78 Å². The van der Waals surface area contributed by atoms with Gasteiger partial charge in [0.2, 0.25) is 0 Å². The Morgan fingerprint density at radius 3 is 2.50 bits per heavy atom. The lowest BCUT2D eigenvalue weighted by molar-refractivity contribution is -0.119. The van der Waals surface area contributed by atoms with Crippen LogP contribution in [0.1, 0.15) is 39.5 Å². The van der Waals surface area contributed by atoms with Gasteiger partial charge in [0.05, 0.1) is 11.1 Å². The first kappa shape index (κ1) is 21.8. The molecule has 0 radical (unpaired) electrons. The number of amides is 1. The first-order chi connectivity index (χ1) is 16.6. The second-order valence-electron chi connectivity index (χ2n) is 8.41. The van der Waals surface area contributed by atoms with Crippen molar-refractivity contribution >= 4 is 28.5 Å². The molecule has 1 aliphatic carbocycles. The van der Waals surface area contributed by atoms with Crippen molar-refractivity contribution in [2.24, 2.45) is 0 Å². The number of esters is 1. The van der Waals surface area contributed by atoms with Gasteiger partial charge in [0.25, 0.3) is 5.91 Å². The number of halogens is 1. The van der Waals surface area contributed by atoms with Crippen LogP contribution in [0.5, 0.6) is 0 Å². The van der Waals surface area contributed by atoms with E-state index in [1.54, 1.807) is 0 Å². The van der Waals surface area contributed by atoms with Crippen LogP contribution >= 0.6 is 0 Å². The molecule has 6 heteroatoms. The van der Waals surface area contributed by atoms with Crippen molar-refractivity contribution in [2.75, 3.05) is 11.9 Å². The van der Waals surface area contributed by atoms with E-state index >= 15 is 0 Å². The molecule has 0 aliphatic heterocycles. The Bertz CT molecular complexity index is 1350. The van der Waals surface area contributed by atoms with E-state index in [1.165, 1.54) is 29.8 Å². The third-order valence-electron chi connectivity index (χ3n) is 6.20. The number of pyridine rings is 1. The third-order valence-corrected chi connectivity index (χ3v) is 6.20. The average molecular weight is 455 g/mol. The third kappa shape index (κ3) is 4.53. The van der Waals surface area contributed by atoms with E-state index in [0.29, 0.717) is 17.7 Å². The van der Waals surface area contributed by atoms with Gasteiger partial charge in [-0.15, -0.1) is 0 Å². The number of hydrogen-bond acceptors (Lipinski definition) is 4. The molecule has 34 heavy (non-hydrogen) atoms. The monoisotopic (exact) mass is 454 g/mol. The van der Waals surface area contributed by atoms with E-state index in [-0.39, 0.29) is 5.92 Å². The molecular formula is C28H23FN2O3. The maximum absolute atomic E-state index is 13.3. The van der Waals surface area contributed by atoms with Gasteiger partial charge in [0, 0.05) is 16.8 Å². The highest BCUT2D eigenvalue weighted by molar-refractivity contribution is 6.06. The number of ether oxygens (including phenoxy) is 1. The molecule has 0 fully saturated rings. The van der Waals surface area contributed by atoms with Crippen molar-refractivity contribution in [1.29, 1.82) is 0 Å². The number of nitrogens with zero attached hydrogens (tertiary/aromatic N) is 1. The number of carbonyl (C=O) groups excluding carboxylic acids is 2. The van der Waals surface area contributed by atoms with E-state index in [1.807, 2.05) is 42.5 Å². The number of hydrogen-bond donors (Lipinski definition) is 1. The van der Waals surface area contributed by atoms with Crippen LogP contribution in [-0.2, 0) is 22.4 Å². The Kier molecular flexibility index (Phi) is 6.04. The molecule has 5 rings (SSSR count). The molecule has 0 saturated carbocycles. The zero-order valence-electron chi connectivity index (χ0n) is 18.5. The van der Waals surface area contributed by atoms with Crippen LogP contribution < -0.4 is 5.32 Å². The second kappa shape index (κ2) is 9.43. The van der Waals surface area contributed by atoms with Gasteiger partial charge in [-0.25, -0.2) is 9.18 Å². The lowest BCUT2D eigenvalue weighted by Crippen LogP contribution is -2.23. The van der Waals surface area contributed by atoms with Crippen molar-refractivity contribution in [2.45, 2.75) is 25.2 Å². The standard InChI is InChI=1S/C28H23FN2O3/c29-20-11-13-21(14-12-20)30-26(32)17-34-28(33)27-22-8-4-5-9-24(22)31-25-15-10-19(16-23(25)27)18-6-2-1-3-7-18/h1-9,11-14,19H,10,15-17H2,(H,30,32). The quantitative estimate of drug-likeness (QED) is 0.408. The van der Waals surface area contributed by atoms with Crippen molar-refractivity contribution < 1.29 is 18.7 Å². The van der Waals surface area contributed by atoms with E-state index in [4.69, 9.17) is 9.72 Å². The Morgan fingerprint density at radius 1 is 0.971 bits per heavy atom. The topological polar surface area (TPSA) is 68.3 Å². The fourth-order valence-electron chi connectivity index (χ4n) is 4.56. The van der Waals surface area contributed by atoms with Crippen molar-refractivity contribution in [3.8, 4) is 0 Å². The minimum atomic E-state index is -0.544. The summed E-state index contributed by atoms with van der Waals surface area (Å²) >= 11 is 0. The van der Waals surface area contributed by atoms with Crippen LogP contribution in [0.4, 0.5) is 10.1 Å². The zero-order valence-corrected chi connectivity index (χ0v) is 18.5.